The molecule has 1 aromatic heterocycles. The van der Waals surface area contributed by atoms with Gasteiger partial charge in [-0.2, -0.15) is 0 Å². The Labute approximate surface area is 76.2 Å². The number of hydrogen-bond acceptors (Lipinski definition) is 4. The molecule has 4 heteroatoms. The van der Waals surface area contributed by atoms with E-state index in [1.165, 1.54) is 0 Å². The molecule has 0 fully saturated rings. The van der Waals surface area contributed by atoms with Gasteiger partial charge in [-0.3, -0.25) is 9.98 Å². The van der Waals surface area contributed by atoms with Crippen molar-refractivity contribution in [2.75, 3.05) is 0 Å². The van der Waals surface area contributed by atoms with E-state index < -0.39 is 0 Å². The predicted octanol–water partition coefficient (Wildman–Crippen LogP) is 0.339. The van der Waals surface area contributed by atoms with E-state index >= 15 is 0 Å². The van der Waals surface area contributed by atoms with Crippen molar-refractivity contribution in [2.45, 2.75) is 6.17 Å². The van der Waals surface area contributed by atoms with Crippen LogP contribution in [0.15, 0.2) is 35.7 Å². The molecule has 66 valence electrons. The van der Waals surface area contributed by atoms with E-state index in [-0.39, 0.29) is 6.17 Å². The molecule has 1 aromatic rings. The summed E-state index contributed by atoms with van der Waals surface area (Å²) in [5.74, 6) is 0. The molecule has 0 spiro atoms. The van der Waals surface area contributed by atoms with Gasteiger partial charge in [-0.25, -0.2) is 0 Å². The highest BCUT2D eigenvalue weighted by Gasteiger charge is 2.11. The average molecular weight is 174 g/mol. The van der Waals surface area contributed by atoms with Crippen LogP contribution in [0.3, 0.4) is 0 Å². The van der Waals surface area contributed by atoms with Gasteiger partial charge < -0.3 is 11.1 Å². The van der Waals surface area contributed by atoms with Crippen molar-refractivity contribution in [3.8, 4) is 0 Å². The number of aliphatic imine (C=N–C) groups is 1. The lowest BCUT2D eigenvalue weighted by Crippen LogP contribution is -2.26. The molecule has 1 atom stereocenters. The summed E-state index contributed by atoms with van der Waals surface area (Å²) >= 11 is 0. The number of pyridine rings is 1. The summed E-state index contributed by atoms with van der Waals surface area (Å²) in [6, 6.07) is 3.84. The van der Waals surface area contributed by atoms with Gasteiger partial charge in [-0.05, 0) is 6.07 Å². The molecule has 0 bridgehead atoms. The van der Waals surface area contributed by atoms with Crippen LogP contribution >= 0.6 is 0 Å². The highest BCUT2D eigenvalue weighted by molar-refractivity contribution is 5.75. The number of aromatic nitrogens is 1. The minimum atomic E-state index is -0.287. The molecule has 0 aliphatic carbocycles. The number of rotatable bonds is 1. The van der Waals surface area contributed by atoms with Crippen LogP contribution in [0, 0.1) is 0 Å². The smallest absolute Gasteiger partial charge is 0.126 e. The molecule has 1 aliphatic rings. The molecule has 2 rings (SSSR count). The summed E-state index contributed by atoms with van der Waals surface area (Å²) < 4.78 is 0. The maximum atomic E-state index is 5.78. The van der Waals surface area contributed by atoms with E-state index in [2.05, 4.69) is 15.3 Å². The first-order valence-electron chi connectivity index (χ1n) is 4.01. The van der Waals surface area contributed by atoms with Crippen LogP contribution in [0.1, 0.15) is 5.56 Å². The monoisotopic (exact) mass is 174 g/mol. The van der Waals surface area contributed by atoms with Gasteiger partial charge in [0, 0.05) is 29.7 Å². The van der Waals surface area contributed by atoms with Crippen molar-refractivity contribution in [2.24, 2.45) is 10.7 Å². The molecular weight excluding hydrogens is 164 g/mol. The Bertz CT molecular complexity index is 342. The van der Waals surface area contributed by atoms with Crippen LogP contribution in [0.25, 0.3) is 5.57 Å². The normalized spacial score (nSPS) is 20.7. The predicted molar refractivity (Wildman–Crippen MR) is 51.8 cm³/mol. The summed E-state index contributed by atoms with van der Waals surface area (Å²) in [6.07, 6.45) is 6.65. The minimum absolute atomic E-state index is 0.287. The van der Waals surface area contributed by atoms with Crippen LogP contribution in [-0.4, -0.2) is 17.5 Å². The zero-order valence-corrected chi connectivity index (χ0v) is 7.01. The third-order valence-electron chi connectivity index (χ3n) is 1.86. The lowest BCUT2D eigenvalue weighted by molar-refractivity contribution is 0.874. The van der Waals surface area contributed by atoms with Gasteiger partial charge in [0.05, 0.1) is 6.34 Å². The Morgan fingerprint density at radius 2 is 2.38 bits per heavy atom. The van der Waals surface area contributed by atoms with E-state index in [0.717, 1.165) is 11.1 Å². The van der Waals surface area contributed by atoms with Crippen LogP contribution < -0.4 is 11.1 Å². The van der Waals surface area contributed by atoms with Crippen LogP contribution in [0.2, 0.25) is 0 Å². The second kappa shape index (κ2) is 3.37. The fourth-order valence-corrected chi connectivity index (χ4v) is 1.20. The molecule has 0 aromatic carbocycles. The van der Waals surface area contributed by atoms with Crippen molar-refractivity contribution in [1.29, 1.82) is 0 Å². The van der Waals surface area contributed by atoms with E-state index in [1.54, 1.807) is 18.7 Å². The van der Waals surface area contributed by atoms with Gasteiger partial charge in [-0.15, -0.1) is 0 Å². The molecule has 4 nitrogen and oxygen atoms in total. The summed E-state index contributed by atoms with van der Waals surface area (Å²) in [5, 5.41) is 2.90. The zero-order valence-electron chi connectivity index (χ0n) is 7.01. The summed E-state index contributed by atoms with van der Waals surface area (Å²) in [6.45, 7) is 0. The first-order chi connectivity index (χ1) is 6.38. The van der Waals surface area contributed by atoms with Gasteiger partial charge in [0.25, 0.3) is 0 Å². The van der Waals surface area contributed by atoms with Crippen molar-refractivity contribution < 1.29 is 0 Å². The second-order valence-corrected chi connectivity index (χ2v) is 2.73. The van der Waals surface area contributed by atoms with Gasteiger partial charge in [-0.1, -0.05) is 6.07 Å². The summed E-state index contributed by atoms with van der Waals surface area (Å²) in [4.78, 5) is 8.05. The molecule has 0 radical (unpaired) electrons. The molecule has 0 saturated heterocycles. The minimum Gasteiger partial charge on any atom is -0.353 e. The maximum Gasteiger partial charge on any atom is 0.126 e. The molecule has 1 unspecified atom stereocenters. The fourth-order valence-electron chi connectivity index (χ4n) is 1.20. The number of nitrogens with zero attached hydrogens (tertiary/aromatic N) is 2. The third-order valence-corrected chi connectivity index (χ3v) is 1.86. The number of nitrogens with one attached hydrogen (secondary N) is 1. The number of nitrogens with two attached hydrogens (primary N) is 1. The molecule has 13 heavy (non-hydrogen) atoms. The maximum absolute atomic E-state index is 5.78. The van der Waals surface area contributed by atoms with Crippen molar-refractivity contribution in [1.82, 2.24) is 10.3 Å². The molecular formula is C9H10N4. The molecule has 2 heterocycles. The van der Waals surface area contributed by atoms with Crippen LogP contribution in [-0.2, 0) is 0 Å². The first-order valence-corrected chi connectivity index (χ1v) is 4.01. The van der Waals surface area contributed by atoms with E-state index in [9.17, 15) is 0 Å². The lowest BCUT2D eigenvalue weighted by atomic mass is 10.1. The Morgan fingerprint density at radius 3 is 3.08 bits per heavy atom. The summed E-state index contributed by atoms with van der Waals surface area (Å²) in [5.41, 5.74) is 7.73. The Balaban J connectivity index is 2.32. The lowest BCUT2D eigenvalue weighted by Gasteiger charge is -2.15. The quantitative estimate of drug-likeness (QED) is 0.645. The van der Waals surface area contributed by atoms with Crippen LogP contribution in [0.5, 0.6) is 0 Å². The van der Waals surface area contributed by atoms with Gasteiger partial charge in [0.2, 0.25) is 0 Å². The highest BCUT2D eigenvalue weighted by Crippen LogP contribution is 2.16. The van der Waals surface area contributed by atoms with E-state index in [4.69, 9.17) is 5.73 Å². The standard InChI is InChI=1S/C9H10N4/c10-9-8(5-12-6-13-9)7-2-1-3-11-4-7/h1-6,9H,10H2,(H,12,13). The Morgan fingerprint density at radius 1 is 1.46 bits per heavy atom. The fraction of sp³-hybridized carbons (Fsp3) is 0.111. The van der Waals surface area contributed by atoms with Crippen molar-refractivity contribution >= 4 is 11.9 Å². The van der Waals surface area contributed by atoms with E-state index in [0.29, 0.717) is 0 Å². The molecule has 0 saturated carbocycles. The Hall–Kier alpha value is -1.68. The van der Waals surface area contributed by atoms with Gasteiger partial charge >= 0.3 is 0 Å². The SMILES string of the molecule is NC1N=CNC=C1c1cccnc1. The molecule has 1 aliphatic heterocycles. The largest absolute Gasteiger partial charge is 0.353 e. The van der Waals surface area contributed by atoms with E-state index in [1.807, 2.05) is 18.3 Å². The van der Waals surface area contributed by atoms with Crippen molar-refractivity contribution in [3.63, 3.8) is 0 Å². The second-order valence-electron chi connectivity index (χ2n) is 2.73. The highest BCUT2D eigenvalue weighted by atomic mass is 15.0. The topological polar surface area (TPSA) is 63.3 Å². The van der Waals surface area contributed by atoms with Gasteiger partial charge in [0.1, 0.15) is 6.17 Å². The number of hydrogen-bond donors (Lipinski definition) is 2. The molecule has 3 N–H and O–H groups in total. The van der Waals surface area contributed by atoms with Crippen LogP contribution in [0.4, 0.5) is 0 Å². The van der Waals surface area contributed by atoms with Gasteiger partial charge in [0.15, 0.2) is 0 Å². The first kappa shape index (κ1) is 7.94. The van der Waals surface area contributed by atoms with Crippen molar-refractivity contribution in [3.05, 3.63) is 36.3 Å². The zero-order chi connectivity index (χ0) is 9.10. The average Bonchev–Trinajstić information content (AvgIpc) is 2.20. The summed E-state index contributed by atoms with van der Waals surface area (Å²) in [7, 11) is 0. The third kappa shape index (κ3) is 1.57. The molecule has 0 amide bonds. The Kier molecular flexibility index (Phi) is 2.06.